The van der Waals surface area contributed by atoms with Crippen LogP contribution >= 0.6 is 15.9 Å². The van der Waals surface area contributed by atoms with E-state index in [4.69, 9.17) is 23.7 Å². The van der Waals surface area contributed by atoms with Crippen molar-refractivity contribution in [1.82, 2.24) is 9.78 Å². The minimum Gasteiger partial charge on any atom is -0.503 e. The summed E-state index contributed by atoms with van der Waals surface area (Å²) in [5.41, 5.74) is -0.158. The summed E-state index contributed by atoms with van der Waals surface area (Å²) in [7, 11) is 5.45. The molecule has 12 heteroatoms. The summed E-state index contributed by atoms with van der Waals surface area (Å²) >= 11 is 2.98. The Morgan fingerprint density at radius 2 is 1.91 bits per heavy atom. The monoisotopic (exact) mass is 536 g/mol. The van der Waals surface area contributed by atoms with Crippen LogP contribution in [0.15, 0.2) is 35.1 Å². The van der Waals surface area contributed by atoms with Crippen molar-refractivity contribution in [1.29, 1.82) is 0 Å². The highest BCUT2D eigenvalue weighted by atomic mass is 79.9. The fourth-order valence-electron chi connectivity index (χ4n) is 2.96. The molecule has 0 aliphatic rings. The quantitative estimate of drug-likeness (QED) is 0.243. The average molecular weight is 537 g/mol. The largest absolute Gasteiger partial charge is 0.503 e. The molecule has 1 unspecified atom stereocenters. The Bertz CT molecular complexity index is 977. The lowest BCUT2D eigenvalue weighted by Crippen LogP contribution is -2.24. The van der Waals surface area contributed by atoms with E-state index in [0.717, 1.165) is 4.68 Å². The zero-order valence-electron chi connectivity index (χ0n) is 18.4. The van der Waals surface area contributed by atoms with Crippen LogP contribution in [0.4, 0.5) is 13.2 Å². The van der Waals surface area contributed by atoms with Crippen molar-refractivity contribution in [3.8, 4) is 5.88 Å². The summed E-state index contributed by atoms with van der Waals surface area (Å²) in [5.74, 6) is -1.29. The normalized spacial score (nSPS) is 13.0. The molecular formula is C21H24BrF3N2O6. The second kappa shape index (κ2) is 12.1. The van der Waals surface area contributed by atoms with E-state index < -0.39 is 29.7 Å². The Morgan fingerprint density at radius 1 is 1.21 bits per heavy atom. The average Bonchev–Trinajstić information content (AvgIpc) is 3.10. The third kappa shape index (κ3) is 6.71. The number of aromatic nitrogens is 2. The van der Waals surface area contributed by atoms with Crippen LogP contribution in [0.1, 0.15) is 16.7 Å². The van der Waals surface area contributed by atoms with Crippen molar-refractivity contribution in [3.63, 3.8) is 0 Å². The van der Waals surface area contributed by atoms with E-state index in [1.165, 1.54) is 34.7 Å². The molecule has 0 fully saturated rings. The highest BCUT2D eigenvalue weighted by Crippen LogP contribution is 2.41. The van der Waals surface area contributed by atoms with Gasteiger partial charge < -0.3 is 23.7 Å². The third-order valence-corrected chi connectivity index (χ3v) is 5.32. The number of hydrogen-bond donors (Lipinski definition) is 0. The van der Waals surface area contributed by atoms with Gasteiger partial charge in [0.05, 0.1) is 39.7 Å². The molecule has 0 amide bonds. The Hall–Kier alpha value is -2.57. The molecule has 0 N–H and O–H groups in total. The van der Waals surface area contributed by atoms with Gasteiger partial charge in [0.15, 0.2) is 5.56 Å². The van der Waals surface area contributed by atoms with Crippen LogP contribution in [-0.2, 0) is 43.1 Å². The minimum atomic E-state index is -4.73. The first kappa shape index (κ1) is 26.7. The van der Waals surface area contributed by atoms with E-state index in [-0.39, 0.29) is 29.9 Å². The van der Waals surface area contributed by atoms with Gasteiger partial charge in [-0.3, -0.25) is 4.68 Å². The Balaban J connectivity index is 2.40. The molecule has 0 aliphatic heterocycles. The molecule has 0 saturated heterocycles. The molecule has 0 aliphatic carbocycles. The second-order valence-corrected chi connectivity index (χ2v) is 7.42. The lowest BCUT2D eigenvalue weighted by molar-refractivity contribution is -0.139. The van der Waals surface area contributed by atoms with E-state index in [1.54, 1.807) is 24.3 Å². The van der Waals surface area contributed by atoms with Crippen LogP contribution in [-0.4, -0.2) is 56.9 Å². The Kier molecular flexibility index (Phi) is 9.74. The number of halogens is 4. The lowest BCUT2D eigenvalue weighted by atomic mass is 10.0. The van der Waals surface area contributed by atoms with Crippen LogP contribution < -0.4 is 4.74 Å². The molecule has 2 rings (SSSR count). The summed E-state index contributed by atoms with van der Waals surface area (Å²) in [6.45, 7) is -0.139. The van der Waals surface area contributed by atoms with Crippen molar-refractivity contribution in [2.24, 2.45) is 0 Å². The molecule has 182 valence electrons. The van der Waals surface area contributed by atoms with Gasteiger partial charge in [-0.15, -0.1) is 5.10 Å². The summed E-state index contributed by atoms with van der Waals surface area (Å²) in [6.07, 6.45) is -4.07. The van der Waals surface area contributed by atoms with Gasteiger partial charge in [-0.2, -0.15) is 13.2 Å². The summed E-state index contributed by atoms with van der Waals surface area (Å²) in [4.78, 5) is 12.1. The van der Waals surface area contributed by atoms with Crippen LogP contribution in [0.5, 0.6) is 5.88 Å². The number of hydrogen-bond acceptors (Lipinski definition) is 7. The minimum absolute atomic E-state index is 0.00296. The van der Waals surface area contributed by atoms with Gasteiger partial charge >= 0.3 is 12.1 Å². The molecule has 1 heterocycles. The van der Waals surface area contributed by atoms with Gasteiger partial charge in [0.1, 0.15) is 16.8 Å². The van der Waals surface area contributed by atoms with Crippen LogP contribution in [0.3, 0.4) is 0 Å². The van der Waals surface area contributed by atoms with Crippen LogP contribution in [0.25, 0.3) is 5.57 Å². The van der Waals surface area contributed by atoms with Crippen molar-refractivity contribution in [2.75, 3.05) is 35.0 Å². The van der Waals surface area contributed by atoms with Crippen molar-refractivity contribution in [3.05, 3.63) is 51.8 Å². The molecule has 1 aromatic carbocycles. The first-order valence-electron chi connectivity index (χ1n) is 9.55. The molecule has 33 heavy (non-hydrogen) atoms. The van der Waals surface area contributed by atoms with E-state index in [1.807, 2.05) is 0 Å². The number of nitrogens with zero attached hydrogens (tertiary/aromatic N) is 2. The molecule has 0 spiro atoms. The number of benzene rings is 1. The predicted molar refractivity (Wildman–Crippen MR) is 115 cm³/mol. The number of carbonyl (C=O) groups is 1. The maximum absolute atomic E-state index is 13.8. The van der Waals surface area contributed by atoms with Crippen molar-refractivity contribution >= 4 is 27.5 Å². The molecule has 0 saturated carbocycles. The number of rotatable bonds is 11. The third-order valence-electron chi connectivity index (χ3n) is 4.52. The molecular weight excluding hydrogens is 513 g/mol. The predicted octanol–water partition coefficient (Wildman–Crippen LogP) is 4.07. The standard InChI is InChI=1S/C21H24BrF3N2O6/c1-29-11-14(31-3)9-27-18(22)17(21(23,24)25)19(26-27)33-10-13-7-5-6-8-15(13)16(12-30-2)20(28)32-4/h5-8,12,14H,9-11H2,1-4H3/b16-12+. The zero-order chi connectivity index (χ0) is 24.6. The smallest absolute Gasteiger partial charge is 0.424 e. The number of methoxy groups -OCH3 is 4. The maximum Gasteiger partial charge on any atom is 0.424 e. The molecule has 8 nitrogen and oxygen atoms in total. The van der Waals surface area contributed by atoms with Gasteiger partial charge in [0.25, 0.3) is 0 Å². The van der Waals surface area contributed by atoms with E-state index in [0.29, 0.717) is 11.1 Å². The first-order valence-corrected chi connectivity index (χ1v) is 10.3. The Morgan fingerprint density at radius 3 is 2.48 bits per heavy atom. The van der Waals surface area contributed by atoms with Crippen LogP contribution in [0.2, 0.25) is 0 Å². The van der Waals surface area contributed by atoms with E-state index >= 15 is 0 Å². The fraction of sp³-hybridized carbons (Fsp3) is 0.429. The maximum atomic E-state index is 13.8. The van der Waals surface area contributed by atoms with Gasteiger partial charge in [-0.1, -0.05) is 24.3 Å². The highest BCUT2D eigenvalue weighted by Gasteiger charge is 2.41. The summed E-state index contributed by atoms with van der Waals surface area (Å²) in [6, 6.07) is 6.55. The van der Waals surface area contributed by atoms with Crippen molar-refractivity contribution in [2.45, 2.75) is 25.4 Å². The molecule has 0 radical (unpaired) electrons. The van der Waals surface area contributed by atoms with Crippen molar-refractivity contribution < 1.29 is 41.7 Å². The van der Waals surface area contributed by atoms with Gasteiger partial charge in [-0.05, 0) is 27.1 Å². The van der Waals surface area contributed by atoms with Gasteiger partial charge in [-0.25, -0.2) is 4.79 Å². The Labute approximate surface area is 197 Å². The molecule has 1 aromatic heterocycles. The van der Waals surface area contributed by atoms with E-state index in [2.05, 4.69) is 21.0 Å². The molecule has 2 aromatic rings. The summed E-state index contributed by atoms with van der Waals surface area (Å²) in [5, 5.41) is 3.98. The number of carbonyl (C=O) groups excluding carboxylic acids is 1. The SMILES string of the molecule is CO/C=C(/C(=O)OC)c1ccccc1COc1nn(CC(COC)OC)c(Br)c1C(F)(F)F. The van der Waals surface area contributed by atoms with Crippen LogP contribution in [0, 0.1) is 0 Å². The fourth-order valence-corrected chi connectivity index (χ4v) is 3.58. The second-order valence-electron chi connectivity index (χ2n) is 6.67. The lowest BCUT2D eigenvalue weighted by Gasteiger charge is -2.14. The topological polar surface area (TPSA) is 81.0 Å². The van der Waals surface area contributed by atoms with Gasteiger partial charge in [0.2, 0.25) is 5.88 Å². The first-order chi connectivity index (χ1) is 15.7. The summed E-state index contributed by atoms with van der Waals surface area (Å²) < 4.78 is 67.6. The number of ether oxygens (including phenoxy) is 5. The molecule has 1 atom stereocenters. The van der Waals surface area contributed by atoms with E-state index in [9.17, 15) is 18.0 Å². The highest BCUT2D eigenvalue weighted by molar-refractivity contribution is 9.10. The number of alkyl halides is 3. The molecule has 0 bridgehead atoms. The number of esters is 1. The zero-order valence-corrected chi connectivity index (χ0v) is 20.0. The van der Waals surface area contributed by atoms with Gasteiger partial charge in [0, 0.05) is 14.2 Å².